The average molecular weight is 161 g/mol. The maximum Gasteiger partial charge on any atom is 0.141 e. The maximum absolute atomic E-state index is 9.35. The molecule has 0 unspecified atom stereocenters. The van der Waals surface area contributed by atoms with Gasteiger partial charge >= 0.3 is 0 Å². The summed E-state index contributed by atoms with van der Waals surface area (Å²) < 4.78 is 0. The van der Waals surface area contributed by atoms with Crippen molar-refractivity contribution in [1.82, 2.24) is 0 Å². The Morgan fingerprint density at radius 2 is 2.25 bits per heavy atom. The Kier molecular flexibility index (Phi) is 2.64. The number of benzene rings is 1. The monoisotopic (exact) mass is 161 g/mol. The van der Waals surface area contributed by atoms with E-state index in [1.54, 1.807) is 12.1 Å². The summed E-state index contributed by atoms with van der Waals surface area (Å²) in [5.74, 6) is 0.167. The molecule has 0 saturated carbocycles. The van der Waals surface area contributed by atoms with Crippen LogP contribution in [0.2, 0.25) is 0 Å². The summed E-state index contributed by atoms with van der Waals surface area (Å²) in [6.07, 6.45) is 3.77. The Balaban J connectivity index is 3.27. The molecule has 0 aliphatic carbocycles. The van der Waals surface area contributed by atoms with Crippen LogP contribution in [0, 0.1) is 0 Å². The molecule has 0 radical (unpaired) electrons. The lowest BCUT2D eigenvalue weighted by molar-refractivity contribution is 0.477. The summed E-state index contributed by atoms with van der Waals surface area (Å²) >= 11 is 0. The second kappa shape index (κ2) is 3.72. The van der Waals surface area contributed by atoms with E-state index in [0.717, 1.165) is 5.56 Å². The highest BCUT2D eigenvalue weighted by Gasteiger charge is 2.01. The van der Waals surface area contributed by atoms with Gasteiger partial charge in [-0.15, -0.1) is 0 Å². The van der Waals surface area contributed by atoms with Gasteiger partial charge < -0.3 is 5.11 Å². The van der Waals surface area contributed by atoms with Crippen molar-refractivity contribution in [1.29, 1.82) is 0 Å². The van der Waals surface area contributed by atoms with Crippen LogP contribution in [0.5, 0.6) is 5.75 Å². The SMILES string of the molecule is C=Nc1c(O)cccc1C=CC. The predicted octanol–water partition coefficient (Wildman–Crippen LogP) is 2.76. The first-order chi connectivity index (χ1) is 5.79. The first-order valence-electron chi connectivity index (χ1n) is 3.71. The Hall–Kier alpha value is -1.57. The first kappa shape index (κ1) is 8.53. The van der Waals surface area contributed by atoms with E-state index in [9.17, 15) is 5.11 Å². The Morgan fingerprint density at radius 1 is 1.50 bits per heavy atom. The second-order valence-corrected chi connectivity index (χ2v) is 2.37. The molecule has 0 aromatic heterocycles. The van der Waals surface area contributed by atoms with Crippen LogP contribution in [0.25, 0.3) is 6.08 Å². The van der Waals surface area contributed by atoms with Gasteiger partial charge in [0.05, 0.1) is 0 Å². The largest absolute Gasteiger partial charge is 0.506 e. The second-order valence-electron chi connectivity index (χ2n) is 2.37. The lowest BCUT2D eigenvalue weighted by Gasteiger charge is -2.01. The van der Waals surface area contributed by atoms with E-state index < -0.39 is 0 Å². The first-order valence-corrected chi connectivity index (χ1v) is 3.71. The van der Waals surface area contributed by atoms with Gasteiger partial charge in [-0.25, -0.2) is 0 Å². The molecule has 0 bridgehead atoms. The van der Waals surface area contributed by atoms with Crippen LogP contribution in [0.15, 0.2) is 29.3 Å². The molecule has 0 amide bonds. The quantitative estimate of drug-likeness (QED) is 0.664. The van der Waals surface area contributed by atoms with Gasteiger partial charge in [-0.05, 0) is 19.7 Å². The predicted molar refractivity (Wildman–Crippen MR) is 52.0 cm³/mol. The zero-order chi connectivity index (χ0) is 8.97. The molecule has 0 spiro atoms. The third-order valence-electron chi connectivity index (χ3n) is 1.55. The number of allylic oxidation sites excluding steroid dienone is 1. The molecule has 2 nitrogen and oxygen atoms in total. The van der Waals surface area contributed by atoms with E-state index in [1.807, 2.05) is 25.1 Å². The molecule has 0 heterocycles. The minimum absolute atomic E-state index is 0.167. The molecule has 2 heteroatoms. The van der Waals surface area contributed by atoms with E-state index in [2.05, 4.69) is 11.7 Å². The number of aliphatic imine (C=N–C) groups is 1. The topological polar surface area (TPSA) is 32.6 Å². The van der Waals surface area contributed by atoms with Gasteiger partial charge in [0.1, 0.15) is 11.4 Å². The third kappa shape index (κ3) is 1.53. The lowest BCUT2D eigenvalue weighted by atomic mass is 10.1. The molecule has 1 N–H and O–H groups in total. The van der Waals surface area contributed by atoms with Gasteiger partial charge in [-0.2, -0.15) is 0 Å². The molecule has 0 saturated heterocycles. The van der Waals surface area contributed by atoms with Crippen LogP contribution < -0.4 is 0 Å². The highest BCUT2D eigenvalue weighted by atomic mass is 16.3. The van der Waals surface area contributed by atoms with Crippen LogP contribution in [0.3, 0.4) is 0 Å². The molecule has 62 valence electrons. The number of phenolic OH excluding ortho intramolecular Hbond substituents is 1. The molecule has 1 aromatic rings. The van der Waals surface area contributed by atoms with Crippen molar-refractivity contribution in [3.8, 4) is 5.75 Å². The highest BCUT2D eigenvalue weighted by Crippen LogP contribution is 2.30. The van der Waals surface area contributed by atoms with Crippen molar-refractivity contribution in [3.63, 3.8) is 0 Å². The number of para-hydroxylation sites is 1. The molecule has 0 aliphatic heterocycles. The Labute approximate surface area is 71.9 Å². The van der Waals surface area contributed by atoms with Gasteiger partial charge in [-0.1, -0.05) is 24.3 Å². The van der Waals surface area contributed by atoms with Crippen molar-refractivity contribution >= 4 is 18.5 Å². The summed E-state index contributed by atoms with van der Waals surface area (Å²) in [6, 6.07) is 5.25. The Bertz CT molecular complexity index is 316. The van der Waals surface area contributed by atoms with Crippen molar-refractivity contribution < 1.29 is 5.11 Å². The highest BCUT2D eigenvalue weighted by molar-refractivity contribution is 5.71. The van der Waals surface area contributed by atoms with Gasteiger partial charge in [0.2, 0.25) is 0 Å². The summed E-state index contributed by atoms with van der Waals surface area (Å²) in [5, 5.41) is 9.35. The van der Waals surface area contributed by atoms with Crippen LogP contribution >= 0.6 is 0 Å². The Morgan fingerprint density at radius 3 is 2.83 bits per heavy atom. The molecule has 0 aliphatic rings. The van der Waals surface area contributed by atoms with Gasteiger partial charge in [0, 0.05) is 5.56 Å². The maximum atomic E-state index is 9.35. The fourth-order valence-corrected chi connectivity index (χ4v) is 1.04. The molecule has 0 atom stereocenters. The van der Waals surface area contributed by atoms with Crippen LogP contribution in [0.4, 0.5) is 5.69 Å². The standard InChI is InChI=1S/C10H11NO/c1-3-5-8-6-4-7-9(12)10(8)11-2/h3-7,12H,2H2,1H3. The molecule has 12 heavy (non-hydrogen) atoms. The van der Waals surface area contributed by atoms with E-state index >= 15 is 0 Å². The molecular weight excluding hydrogens is 150 g/mol. The normalized spacial score (nSPS) is 10.4. The van der Waals surface area contributed by atoms with Crippen molar-refractivity contribution in [3.05, 3.63) is 29.8 Å². The molecule has 1 aromatic carbocycles. The van der Waals surface area contributed by atoms with E-state index in [1.165, 1.54) is 0 Å². The van der Waals surface area contributed by atoms with E-state index in [0.29, 0.717) is 5.69 Å². The van der Waals surface area contributed by atoms with E-state index in [4.69, 9.17) is 0 Å². The van der Waals surface area contributed by atoms with Crippen LogP contribution in [-0.4, -0.2) is 11.8 Å². The molecular formula is C10H11NO. The van der Waals surface area contributed by atoms with Gasteiger partial charge in [0.15, 0.2) is 0 Å². The molecule has 1 rings (SSSR count). The van der Waals surface area contributed by atoms with Crippen LogP contribution in [0.1, 0.15) is 12.5 Å². The van der Waals surface area contributed by atoms with Crippen molar-refractivity contribution in [2.45, 2.75) is 6.92 Å². The number of aromatic hydroxyl groups is 1. The van der Waals surface area contributed by atoms with Gasteiger partial charge in [-0.3, -0.25) is 4.99 Å². The zero-order valence-electron chi connectivity index (χ0n) is 6.99. The number of hydrogen-bond donors (Lipinski definition) is 1. The smallest absolute Gasteiger partial charge is 0.141 e. The fourth-order valence-electron chi connectivity index (χ4n) is 1.04. The third-order valence-corrected chi connectivity index (χ3v) is 1.55. The lowest BCUT2D eigenvalue weighted by Crippen LogP contribution is -1.74. The van der Waals surface area contributed by atoms with Crippen molar-refractivity contribution in [2.24, 2.45) is 4.99 Å². The van der Waals surface area contributed by atoms with Crippen molar-refractivity contribution in [2.75, 3.05) is 0 Å². The molecule has 0 fully saturated rings. The minimum atomic E-state index is 0.167. The van der Waals surface area contributed by atoms with Crippen LogP contribution in [-0.2, 0) is 0 Å². The summed E-state index contributed by atoms with van der Waals surface area (Å²) in [6.45, 7) is 5.30. The number of phenols is 1. The summed E-state index contributed by atoms with van der Waals surface area (Å²) in [7, 11) is 0. The number of rotatable bonds is 2. The minimum Gasteiger partial charge on any atom is -0.506 e. The van der Waals surface area contributed by atoms with Gasteiger partial charge in [0.25, 0.3) is 0 Å². The average Bonchev–Trinajstić information content (AvgIpc) is 2.05. The fraction of sp³-hybridized carbons (Fsp3) is 0.100. The number of nitrogens with zero attached hydrogens (tertiary/aromatic N) is 1. The summed E-state index contributed by atoms with van der Waals surface area (Å²) in [5.41, 5.74) is 1.42. The number of hydrogen-bond acceptors (Lipinski definition) is 2. The summed E-state index contributed by atoms with van der Waals surface area (Å²) in [4.78, 5) is 3.74. The zero-order valence-corrected chi connectivity index (χ0v) is 6.99. The van der Waals surface area contributed by atoms with E-state index in [-0.39, 0.29) is 5.75 Å².